The van der Waals surface area contributed by atoms with Gasteiger partial charge in [0.25, 0.3) is 0 Å². The van der Waals surface area contributed by atoms with E-state index in [9.17, 15) is 0 Å². The van der Waals surface area contributed by atoms with Crippen molar-refractivity contribution in [1.29, 1.82) is 0 Å². The van der Waals surface area contributed by atoms with Crippen molar-refractivity contribution in [3.8, 4) is 44.8 Å². The van der Waals surface area contributed by atoms with Gasteiger partial charge < -0.3 is 9.40 Å². The summed E-state index contributed by atoms with van der Waals surface area (Å²) in [6, 6.07) is 36.8. The number of benzene rings is 5. The Morgan fingerprint density at radius 3 is 2.24 bits per heavy atom. The second-order valence-corrected chi connectivity index (χ2v) is 23.0. The zero-order chi connectivity index (χ0) is 39.9. The molecule has 8 rings (SSSR count). The van der Waals surface area contributed by atoms with Crippen LogP contribution in [0.2, 0.25) is 17.3 Å². The number of nitrogens with zero attached hydrogens (tertiary/aromatic N) is 2. The molecule has 243 valence electrons. The summed E-state index contributed by atoms with van der Waals surface area (Å²) in [5.74, 6) is 6.98. The summed E-state index contributed by atoms with van der Waals surface area (Å²) >= 11 is -1.83. The molecule has 0 saturated carbocycles. The molecule has 3 aromatic heterocycles. The second kappa shape index (κ2) is 14.9. The van der Waals surface area contributed by atoms with Crippen molar-refractivity contribution in [1.82, 2.24) is 9.97 Å². The molecule has 0 N–H and O–H groups in total. The van der Waals surface area contributed by atoms with Gasteiger partial charge in [0.1, 0.15) is 5.58 Å². The van der Waals surface area contributed by atoms with E-state index in [0.717, 1.165) is 44.4 Å². The molecule has 0 aliphatic carbocycles. The first-order chi connectivity index (χ1) is 26.6. The summed E-state index contributed by atoms with van der Waals surface area (Å²) in [7, 11) is 0. The SMILES string of the molecule is [2H]C([2H])([2H])c1c[c-]c(-c2cc[c]([Ge]([CH3])([CH3])[CH3])cn2)cc1.[2H]c1c([2H])c([2H])c(-c2ccc3c(c2)oc2c(-c4cc(-c5ccccc5)ccn4)[c-]ccc23)c([2H])c1[2H].[Ir]. The number of furan rings is 1. The summed E-state index contributed by atoms with van der Waals surface area (Å²) in [5.41, 5.74) is 7.36. The molecule has 49 heavy (non-hydrogen) atoms. The molecule has 0 spiro atoms. The Morgan fingerprint density at radius 1 is 0.714 bits per heavy atom. The van der Waals surface area contributed by atoms with E-state index < -0.39 is 26.2 Å². The van der Waals surface area contributed by atoms with Crippen LogP contribution in [0.15, 0.2) is 150 Å². The van der Waals surface area contributed by atoms with Crippen LogP contribution in [0.3, 0.4) is 0 Å². The summed E-state index contributed by atoms with van der Waals surface area (Å²) in [6.07, 6.45) is 3.71. The van der Waals surface area contributed by atoms with Gasteiger partial charge in [-0.1, -0.05) is 89.7 Å². The van der Waals surface area contributed by atoms with E-state index in [0.29, 0.717) is 22.3 Å². The van der Waals surface area contributed by atoms with Gasteiger partial charge in [0, 0.05) is 31.7 Å². The van der Waals surface area contributed by atoms with Gasteiger partial charge in [-0.15, -0.1) is 18.2 Å². The van der Waals surface area contributed by atoms with E-state index in [2.05, 4.69) is 45.4 Å². The quantitative estimate of drug-likeness (QED) is 0.128. The Labute approximate surface area is 316 Å². The third kappa shape index (κ3) is 7.68. The summed E-state index contributed by atoms with van der Waals surface area (Å²) in [6.45, 7) is -2.08. The molecular formula is C44H36GeIrN2O-2. The predicted octanol–water partition coefficient (Wildman–Crippen LogP) is 11.2. The van der Waals surface area contributed by atoms with Gasteiger partial charge in [-0.3, -0.25) is 0 Å². The van der Waals surface area contributed by atoms with Crippen LogP contribution in [-0.4, -0.2) is 23.2 Å². The third-order valence-electron chi connectivity index (χ3n) is 8.06. The molecule has 0 amide bonds. The van der Waals surface area contributed by atoms with Gasteiger partial charge >= 0.3 is 110 Å². The third-order valence-corrected chi connectivity index (χ3v) is 12.3. The maximum Gasteiger partial charge on any atom is 0.121 e. The van der Waals surface area contributed by atoms with Gasteiger partial charge in [-0.2, -0.15) is 0 Å². The number of hydrogen-bond donors (Lipinski definition) is 0. The van der Waals surface area contributed by atoms with Crippen molar-refractivity contribution in [3.05, 3.63) is 163 Å². The van der Waals surface area contributed by atoms with Crippen LogP contribution in [0.4, 0.5) is 0 Å². The van der Waals surface area contributed by atoms with Crippen LogP contribution in [-0.2, 0) is 20.1 Å². The molecule has 0 bridgehead atoms. The van der Waals surface area contributed by atoms with Crippen molar-refractivity contribution < 1.29 is 35.5 Å². The topological polar surface area (TPSA) is 38.9 Å². The minimum atomic E-state index is -2.08. The molecular weight excluding hydrogens is 837 g/mol. The molecule has 0 unspecified atom stereocenters. The summed E-state index contributed by atoms with van der Waals surface area (Å²) in [5, 5.41) is 1.74. The van der Waals surface area contributed by atoms with E-state index in [1.807, 2.05) is 72.9 Å². The first-order valence-corrected chi connectivity index (χ1v) is 22.9. The summed E-state index contributed by atoms with van der Waals surface area (Å²) in [4.78, 5) is 9.05. The fourth-order valence-corrected chi connectivity index (χ4v) is 7.61. The van der Waals surface area contributed by atoms with Crippen LogP contribution in [0.25, 0.3) is 66.7 Å². The average Bonchev–Trinajstić information content (AvgIpc) is 3.58. The van der Waals surface area contributed by atoms with Crippen molar-refractivity contribution in [2.24, 2.45) is 0 Å². The van der Waals surface area contributed by atoms with Crippen molar-refractivity contribution in [2.75, 3.05) is 0 Å². The largest absolute Gasteiger partial charge is 0.501 e. The van der Waals surface area contributed by atoms with Crippen molar-refractivity contribution in [2.45, 2.75) is 24.1 Å². The molecule has 0 aliphatic heterocycles. The molecule has 0 atom stereocenters. The standard InChI is InChI=1S/C29H18NO.C15H18GeN.Ir/c1-3-8-20(9-4-1)22-14-15-24-25-12-7-13-26(29(25)31-28(24)19-22)27-18-23(16-17-30-27)21-10-5-2-6-11-21;1-12-5-7-13(8-6-12)15-10-9-14(11-17-15)16(2,3)4;/h1-12,14-19H;5-7,9-11H,1-4H3;/q2*-1;/i1D,3D,4D,8D,9D;1D3;. The maximum absolute atomic E-state index is 8.31. The van der Waals surface area contributed by atoms with Gasteiger partial charge in [0.2, 0.25) is 0 Å². The van der Waals surface area contributed by atoms with Crippen molar-refractivity contribution in [3.63, 3.8) is 0 Å². The molecule has 1 radical (unpaired) electrons. The second-order valence-electron chi connectivity index (χ2n) is 12.4. The fraction of sp³-hybridized carbons (Fsp3) is 0.0909. The molecule has 5 aromatic carbocycles. The smallest absolute Gasteiger partial charge is 0.121 e. The Bertz CT molecular complexity index is 2630. The number of hydrogen-bond acceptors (Lipinski definition) is 3. The molecule has 5 heteroatoms. The maximum atomic E-state index is 8.31. The minimum absolute atomic E-state index is 0. The number of pyridine rings is 2. The van der Waals surface area contributed by atoms with Crippen LogP contribution < -0.4 is 4.40 Å². The van der Waals surface area contributed by atoms with E-state index in [1.165, 1.54) is 10.5 Å². The van der Waals surface area contributed by atoms with E-state index in [-0.39, 0.29) is 49.8 Å². The van der Waals surface area contributed by atoms with E-state index >= 15 is 0 Å². The van der Waals surface area contributed by atoms with Crippen LogP contribution in [0.1, 0.15) is 16.5 Å². The van der Waals surface area contributed by atoms with Crippen LogP contribution >= 0.6 is 0 Å². The Kier molecular flexibility index (Phi) is 7.71. The normalized spacial score (nSPS) is 13.7. The van der Waals surface area contributed by atoms with Crippen LogP contribution in [0, 0.1) is 19.0 Å². The minimum Gasteiger partial charge on any atom is -0.501 e. The van der Waals surface area contributed by atoms with Gasteiger partial charge in [0.05, 0.1) is 12.4 Å². The first kappa shape index (κ1) is 25.4. The average molecular weight is 882 g/mol. The van der Waals surface area contributed by atoms with Crippen molar-refractivity contribution >= 4 is 39.6 Å². The zero-order valence-electron chi connectivity index (χ0n) is 35.1. The molecule has 0 aliphatic rings. The number of aromatic nitrogens is 2. The number of fused-ring (bicyclic) bond motifs is 3. The van der Waals surface area contributed by atoms with Gasteiger partial charge in [0.15, 0.2) is 0 Å². The van der Waals surface area contributed by atoms with Gasteiger partial charge in [-0.25, -0.2) is 0 Å². The molecule has 8 aromatic rings. The first-order valence-electron chi connectivity index (χ1n) is 19.6. The number of rotatable bonds is 5. The fourth-order valence-electron chi connectivity index (χ4n) is 5.44. The zero-order valence-corrected chi connectivity index (χ0v) is 31.6. The molecule has 3 heterocycles. The summed E-state index contributed by atoms with van der Waals surface area (Å²) < 4.78 is 70.2. The monoisotopic (exact) mass is 883 g/mol. The van der Waals surface area contributed by atoms with E-state index in [1.54, 1.807) is 30.5 Å². The predicted molar refractivity (Wildman–Crippen MR) is 203 cm³/mol. The molecule has 3 nitrogen and oxygen atoms in total. The van der Waals surface area contributed by atoms with E-state index in [4.69, 9.17) is 15.4 Å². The Hall–Kier alpha value is -4.61. The van der Waals surface area contributed by atoms with Gasteiger partial charge in [-0.05, 0) is 40.1 Å². The molecule has 0 fully saturated rings. The molecule has 0 saturated heterocycles. The van der Waals surface area contributed by atoms with Crippen LogP contribution in [0.5, 0.6) is 0 Å². The Morgan fingerprint density at radius 2 is 1.53 bits per heavy atom. The Balaban J connectivity index is 0.000000223. The number of aryl methyl sites for hydroxylation is 1.